The molecule has 0 bridgehead atoms. The summed E-state index contributed by atoms with van der Waals surface area (Å²) < 4.78 is 5.84. The lowest BCUT2D eigenvalue weighted by Gasteiger charge is -2.13. The summed E-state index contributed by atoms with van der Waals surface area (Å²) in [5, 5.41) is 8.93. The van der Waals surface area contributed by atoms with Crippen molar-refractivity contribution >= 4 is 23.2 Å². The van der Waals surface area contributed by atoms with Crippen LogP contribution in [-0.4, -0.2) is 21.8 Å². The summed E-state index contributed by atoms with van der Waals surface area (Å²) in [6, 6.07) is 15.7. The predicted molar refractivity (Wildman–Crippen MR) is 120 cm³/mol. The van der Waals surface area contributed by atoms with Crippen LogP contribution in [0.5, 0.6) is 0 Å². The Kier molecular flexibility index (Phi) is 8.13. The molecular formula is C25H27ClN2O3. The number of rotatable bonds is 11. The number of aromatic nitrogens is 2. The number of halogens is 1. The lowest BCUT2D eigenvalue weighted by molar-refractivity contribution is -0.119. The summed E-state index contributed by atoms with van der Waals surface area (Å²) in [5.41, 5.74) is 3.31. The van der Waals surface area contributed by atoms with Gasteiger partial charge in [-0.2, -0.15) is 0 Å². The fraction of sp³-hybridized carbons (Fsp3) is 0.360. The van der Waals surface area contributed by atoms with Crippen LogP contribution in [0.2, 0.25) is 5.02 Å². The van der Waals surface area contributed by atoms with Gasteiger partial charge in [-0.3, -0.25) is 4.79 Å². The Hall–Kier alpha value is -2.79. The molecule has 0 N–H and O–H groups in total. The van der Waals surface area contributed by atoms with Crippen molar-refractivity contribution in [3.05, 3.63) is 82.0 Å². The summed E-state index contributed by atoms with van der Waals surface area (Å²) in [6.45, 7) is 3.66. The van der Waals surface area contributed by atoms with Crippen molar-refractivity contribution in [3.63, 3.8) is 0 Å². The number of nitrogens with zero attached hydrogens (tertiary/aromatic N) is 2. The fourth-order valence-corrected chi connectivity index (χ4v) is 3.56. The van der Waals surface area contributed by atoms with Crippen LogP contribution in [0.1, 0.15) is 61.1 Å². The van der Waals surface area contributed by atoms with E-state index in [0.717, 1.165) is 17.5 Å². The molecule has 0 saturated heterocycles. The van der Waals surface area contributed by atoms with Crippen LogP contribution in [-0.2, 0) is 35.3 Å². The van der Waals surface area contributed by atoms with Crippen LogP contribution in [0.3, 0.4) is 0 Å². The highest BCUT2D eigenvalue weighted by atomic mass is 35.5. The molecule has 0 saturated carbocycles. The molecule has 162 valence electrons. The lowest BCUT2D eigenvalue weighted by atomic mass is 9.91. The normalized spacial score (nSPS) is 12.0. The zero-order chi connectivity index (χ0) is 22.2. The number of carbonyl (C=O) groups is 2. The van der Waals surface area contributed by atoms with Crippen molar-refractivity contribution < 1.29 is 14.0 Å². The Morgan fingerprint density at radius 2 is 1.61 bits per heavy atom. The molecule has 0 spiro atoms. The molecule has 6 heteroatoms. The molecule has 1 atom stereocenters. The van der Waals surface area contributed by atoms with Crippen LogP contribution in [0.4, 0.5) is 0 Å². The SMILES string of the molecule is CCc1ccc(C[C@H](CC(=O)Cc2ccc(Cl)cc2)c2nnc(CCC(C)=O)o2)cc1. The van der Waals surface area contributed by atoms with Crippen molar-refractivity contribution in [1.29, 1.82) is 0 Å². The van der Waals surface area contributed by atoms with Gasteiger partial charge in [-0.25, -0.2) is 0 Å². The third kappa shape index (κ3) is 7.14. The number of hydrogen-bond donors (Lipinski definition) is 0. The van der Waals surface area contributed by atoms with Crippen molar-refractivity contribution in [2.75, 3.05) is 0 Å². The van der Waals surface area contributed by atoms with E-state index >= 15 is 0 Å². The summed E-state index contributed by atoms with van der Waals surface area (Å²) in [6.07, 6.45) is 3.01. The minimum Gasteiger partial charge on any atom is -0.425 e. The largest absolute Gasteiger partial charge is 0.425 e. The Morgan fingerprint density at radius 3 is 2.26 bits per heavy atom. The van der Waals surface area contributed by atoms with Crippen LogP contribution in [0.15, 0.2) is 52.9 Å². The molecule has 0 aliphatic heterocycles. The first-order valence-electron chi connectivity index (χ1n) is 10.6. The van der Waals surface area contributed by atoms with E-state index in [2.05, 4.69) is 41.4 Å². The molecule has 0 amide bonds. The van der Waals surface area contributed by atoms with Gasteiger partial charge in [0, 0.05) is 36.6 Å². The maximum atomic E-state index is 12.8. The molecule has 1 aromatic heterocycles. The van der Waals surface area contributed by atoms with Gasteiger partial charge in [-0.15, -0.1) is 10.2 Å². The second-order valence-corrected chi connectivity index (χ2v) is 8.29. The lowest BCUT2D eigenvalue weighted by Crippen LogP contribution is -2.12. The molecule has 0 aliphatic carbocycles. The molecule has 1 heterocycles. The number of hydrogen-bond acceptors (Lipinski definition) is 5. The Balaban J connectivity index is 1.75. The number of aryl methyl sites for hydroxylation is 2. The molecule has 5 nitrogen and oxygen atoms in total. The molecule has 0 fully saturated rings. The number of ketones is 2. The monoisotopic (exact) mass is 438 g/mol. The second kappa shape index (κ2) is 11.0. The Bertz CT molecular complexity index is 1010. The van der Waals surface area contributed by atoms with Gasteiger partial charge in [0.25, 0.3) is 0 Å². The van der Waals surface area contributed by atoms with Gasteiger partial charge in [-0.1, -0.05) is 54.9 Å². The second-order valence-electron chi connectivity index (χ2n) is 7.85. The van der Waals surface area contributed by atoms with Crippen molar-refractivity contribution in [1.82, 2.24) is 10.2 Å². The Morgan fingerprint density at radius 1 is 0.968 bits per heavy atom. The zero-order valence-electron chi connectivity index (χ0n) is 17.9. The van der Waals surface area contributed by atoms with E-state index in [4.69, 9.17) is 16.0 Å². The summed E-state index contributed by atoms with van der Waals surface area (Å²) in [4.78, 5) is 24.1. The number of carbonyl (C=O) groups excluding carboxylic acids is 2. The molecule has 0 radical (unpaired) electrons. The molecular weight excluding hydrogens is 412 g/mol. The van der Waals surface area contributed by atoms with Gasteiger partial charge in [0.05, 0.1) is 0 Å². The highest BCUT2D eigenvalue weighted by molar-refractivity contribution is 6.30. The quantitative estimate of drug-likeness (QED) is 0.404. The summed E-state index contributed by atoms with van der Waals surface area (Å²) >= 11 is 5.94. The molecule has 2 aromatic carbocycles. The average molecular weight is 439 g/mol. The van der Waals surface area contributed by atoms with Crippen LogP contribution in [0, 0.1) is 0 Å². The van der Waals surface area contributed by atoms with Crippen LogP contribution in [0.25, 0.3) is 0 Å². The molecule has 0 unspecified atom stereocenters. The fourth-order valence-electron chi connectivity index (χ4n) is 3.43. The summed E-state index contributed by atoms with van der Waals surface area (Å²) in [7, 11) is 0. The first kappa shape index (κ1) is 22.9. The first-order chi connectivity index (χ1) is 14.9. The van der Waals surface area contributed by atoms with E-state index in [1.807, 2.05) is 12.1 Å². The van der Waals surface area contributed by atoms with Crippen molar-refractivity contribution in [2.24, 2.45) is 0 Å². The van der Waals surface area contributed by atoms with E-state index in [0.29, 0.717) is 48.9 Å². The van der Waals surface area contributed by atoms with Gasteiger partial charge in [0.1, 0.15) is 11.6 Å². The standard InChI is InChI=1S/C25H27ClN2O3/c1-3-18-5-7-19(8-6-18)14-21(25-28-27-24(31-25)13-4-17(2)29)16-23(30)15-20-9-11-22(26)12-10-20/h5-12,21H,3-4,13-16H2,1-2H3/t21-/m1/s1. The third-order valence-corrected chi connectivity index (χ3v) is 5.48. The van der Waals surface area contributed by atoms with Crippen LogP contribution >= 0.6 is 11.6 Å². The van der Waals surface area contributed by atoms with E-state index < -0.39 is 0 Å². The molecule has 3 rings (SSSR count). The van der Waals surface area contributed by atoms with Crippen molar-refractivity contribution in [2.45, 2.75) is 58.3 Å². The molecule has 3 aromatic rings. The van der Waals surface area contributed by atoms with E-state index in [1.165, 1.54) is 12.5 Å². The highest BCUT2D eigenvalue weighted by Crippen LogP contribution is 2.25. The van der Waals surface area contributed by atoms with Gasteiger partial charge in [-0.05, 0) is 48.6 Å². The highest BCUT2D eigenvalue weighted by Gasteiger charge is 2.23. The van der Waals surface area contributed by atoms with E-state index in [-0.39, 0.29) is 17.5 Å². The molecule has 0 aliphatic rings. The van der Waals surface area contributed by atoms with Crippen LogP contribution < -0.4 is 0 Å². The van der Waals surface area contributed by atoms with E-state index in [1.54, 1.807) is 12.1 Å². The van der Waals surface area contributed by atoms with Gasteiger partial charge in [0.2, 0.25) is 11.8 Å². The van der Waals surface area contributed by atoms with Gasteiger partial charge >= 0.3 is 0 Å². The maximum absolute atomic E-state index is 12.8. The smallest absolute Gasteiger partial charge is 0.220 e. The first-order valence-corrected chi connectivity index (χ1v) is 11.0. The Labute approximate surface area is 187 Å². The van der Waals surface area contributed by atoms with Crippen molar-refractivity contribution in [3.8, 4) is 0 Å². The predicted octanol–water partition coefficient (Wildman–Crippen LogP) is 5.34. The average Bonchev–Trinajstić information content (AvgIpc) is 3.23. The number of benzene rings is 2. The van der Waals surface area contributed by atoms with Gasteiger partial charge < -0.3 is 9.21 Å². The molecule has 31 heavy (non-hydrogen) atoms. The van der Waals surface area contributed by atoms with Gasteiger partial charge in [0.15, 0.2) is 0 Å². The number of Topliss-reactive ketones (excluding diaryl/α,β-unsaturated/α-hetero) is 2. The maximum Gasteiger partial charge on any atom is 0.220 e. The minimum absolute atomic E-state index is 0.0745. The minimum atomic E-state index is -0.217. The zero-order valence-corrected chi connectivity index (χ0v) is 18.7. The van der Waals surface area contributed by atoms with E-state index in [9.17, 15) is 9.59 Å². The summed E-state index contributed by atoms with van der Waals surface area (Å²) in [5.74, 6) is 0.835. The topological polar surface area (TPSA) is 73.1 Å². The third-order valence-electron chi connectivity index (χ3n) is 5.22.